The first kappa shape index (κ1) is 22.3. The van der Waals surface area contributed by atoms with Gasteiger partial charge in [0.05, 0.1) is 26.8 Å². The van der Waals surface area contributed by atoms with Gasteiger partial charge in [0, 0.05) is 0 Å². The molecule has 0 aliphatic rings. The summed E-state index contributed by atoms with van der Waals surface area (Å²) in [6, 6.07) is 0. The Hall–Kier alpha value is -0.0100. The number of quaternary nitrogens is 1. The lowest BCUT2D eigenvalue weighted by molar-refractivity contribution is -0.839. The van der Waals surface area contributed by atoms with Crippen molar-refractivity contribution in [2.24, 2.45) is 0 Å². The maximum atomic E-state index is 2.40. The second-order valence-corrected chi connectivity index (χ2v) is 6.50. The predicted octanol–water partition coefficient (Wildman–Crippen LogP) is 2.91. The van der Waals surface area contributed by atoms with Crippen LogP contribution in [0.4, 0.5) is 0 Å². The van der Waals surface area contributed by atoms with Crippen LogP contribution in [0.2, 0.25) is 0 Å². The van der Waals surface area contributed by atoms with Gasteiger partial charge in [-0.25, -0.2) is 0 Å². The molecule has 1 nitrogen and oxygen atoms in total. The molecule has 122 valence electrons. The summed E-state index contributed by atoms with van der Waals surface area (Å²) in [5.74, 6) is 0. The Morgan fingerprint density at radius 1 is 0.700 bits per heavy atom. The van der Waals surface area contributed by atoms with E-state index >= 15 is 0 Å². The zero-order valence-corrected chi connectivity index (χ0v) is 15.2. The fourth-order valence-electron chi connectivity index (χ4n) is 2.42. The van der Waals surface area contributed by atoms with Gasteiger partial charge in [0.1, 0.15) is 0 Å². The number of rotatable bonds is 13. The largest absolute Gasteiger partial charge is 1.00 e. The third-order valence-electron chi connectivity index (χ3n) is 3.82. The molecule has 2 heteroatoms. The average Bonchev–Trinajstić information content (AvgIpc) is 2.38. The molecule has 0 rings (SSSR count). The van der Waals surface area contributed by atoms with Crippen molar-refractivity contribution in [3.05, 3.63) is 12.3 Å². The number of unbranched alkanes of at least 4 members (excludes halogenated alkanes) is 9. The first-order valence-electron chi connectivity index (χ1n) is 8.62. The maximum Gasteiger partial charge on any atom is 0.0913 e. The van der Waals surface area contributed by atoms with Gasteiger partial charge < -0.3 is 16.9 Å². The molecule has 0 amide bonds. The summed E-state index contributed by atoms with van der Waals surface area (Å²) in [6.45, 7) is 5.85. The zero-order chi connectivity index (χ0) is 14.4. The van der Waals surface area contributed by atoms with E-state index in [0.717, 1.165) is 4.48 Å². The highest BCUT2D eigenvalue weighted by Crippen LogP contribution is 2.10. The van der Waals surface area contributed by atoms with Gasteiger partial charge in [-0.15, -0.1) is 0 Å². The van der Waals surface area contributed by atoms with Gasteiger partial charge in [-0.2, -0.15) is 0 Å². The summed E-state index contributed by atoms with van der Waals surface area (Å²) in [5, 5.41) is 0. The number of allylic oxidation sites excluding steroid dienone is 1. The van der Waals surface area contributed by atoms with E-state index in [9.17, 15) is 0 Å². The van der Waals surface area contributed by atoms with Crippen LogP contribution < -0.4 is 12.4 Å². The standard InChI is InChI=1S/C18H38N.ClH/c1-5-7-9-11-13-15-17-19(3,4)18-16-14-12-10-8-6-2;/h15,17H,5-14,16,18H2,1-4H3;1H/q+1;/p-1. The topological polar surface area (TPSA) is 0 Å². The monoisotopic (exact) mass is 303 g/mol. The first-order chi connectivity index (χ1) is 9.12. The molecule has 0 unspecified atom stereocenters. The molecule has 0 aliphatic heterocycles. The first-order valence-corrected chi connectivity index (χ1v) is 8.62. The van der Waals surface area contributed by atoms with Crippen molar-refractivity contribution in [1.29, 1.82) is 0 Å². The Kier molecular flexibility index (Phi) is 17.1. The van der Waals surface area contributed by atoms with Crippen molar-refractivity contribution in [3.63, 3.8) is 0 Å². The fourth-order valence-corrected chi connectivity index (χ4v) is 2.42. The molecule has 0 saturated heterocycles. The lowest BCUT2D eigenvalue weighted by Crippen LogP contribution is -3.00. The summed E-state index contributed by atoms with van der Waals surface area (Å²) in [5.41, 5.74) is 0. The number of nitrogens with zero attached hydrogens (tertiary/aromatic N) is 1. The van der Waals surface area contributed by atoms with E-state index in [0.29, 0.717) is 0 Å². The Balaban J connectivity index is 0. The summed E-state index contributed by atoms with van der Waals surface area (Å²) in [7, 11) is 4.66. The second kappa shape index (κ2) is 15.4. The number of halogens is 1. The number of hydrogen-bond acceptors (Lipinski definition) is 0. The summed E-state index contributed by atoms with van der Waals surface area (Å²) < 4.78 is 1.06. The van der Waals surface area contributed by atoms with E-state index < -0.39 is 0 Å². The highest BCUT2D eigenvalue weighted by molar-refractivity contribution is 4.73. The Morgan fingerprint density at radius 3 is 1.80 bits per heavy atom. The molecule has 0 atom stereocenters. The van der Waals surface area contributed by atoms with E-state index in [4.69, 9.17) is 0 Å². The lowest BCUT2D eigenvalue weighted by atomic mass is 10.1. The molecule has 20 heavy (non-hydrogen) atoms. The molecule has 0 bridgehead atoms. The molecule has 0 fully saturated rings. The van der Waals surface area contributed by atoms with E-state index in [1.54, 1.807) is 0 Å². The van der Waals surface area contributed by atoms with Crippen LogP contribution in [0.5, 0.6) is 0 Å². The third kappa shape index (κ3) is 16.0. The number of hydrogen-bond donors (Lipinski definition) is 0. The minimum atomic E-state index is 0. The van der Waals surface area contributed by atoms with Crippen LogP contribution in [-0.2, 0) is 0 Å². The van der Waals surface area contributed by atoms with Crippen LogP contribution in [0.25, 0.3) is 0 Å². The zero-order valence-electron chi connectivity index (χ0n) is 14.5. The molecule has 0 aromatic carbocycles. The van der Waals surface area contributed by atoms with E-state index in [1.165, 1.54) is 77.2 Å². The van der Waals surface area contributed by atoms with Crippen LogP contribution in [0.15, 0.2) is 12.3 Å². The van der Waals surface area contributed by atoms with Crippen molar-refractivity contribution in [2.75, 3.05) is 20.6 Å². The van der Waals surface area contributed by atoms with Crippen LogP contribution in [-0.4, -0.2) is 25.1 Å². The maximum absolute atomic E-state index is 2.40. The van der Waals surface area contributed by atoms with Crippen molar-refractivity contribution in [3.8, 4) is 0 Å². The van der Waals surface area contributed by atoms with Gasteiger partial charge in [-0.1, -0.05) is 58.8 Å². The molecule has 0 aromatic heterocycles. The average molecular weight is 304 g/mol. The highest BCUT2D eigenvalue weighted by Gasteiger charge is 2.09. The van der Waals surface area contributed by atoms with Crippen LogP contribution in [0.1, 0.15) is 84.5 Å². The van der Waals surface area contributed by atoms with Gasteiger partial charge >= 0.3 is 0 Å². The highest BCUT2D eigenvalue weighted by atomic mass is 35.5. The van der Waals surface area contributed by atoms with Gasteiger partial charge in [0.2, 0.25) is 0 Å². The minimum absolute atomic E-state index is 0. The fraction of sp³-hybridized carbons (Fsp3) is 0.889. The van der Waals surface area contributed by atoms with Crippen molar-refractivity contribution in [1.82, 2.24) is 0 Å². The van der Waals surface area contributed by atoms with Gasteiger partial charge in [-0.3, -0.25) is 0 Å². The van der Waals surface area contributed by atoms with Gasteiger partial charge in [0.15, 0.2) is 0 Å². The molecule has 0 heterocycles. The molecular formula is C18H38ClN. The molecular weight excluding hydrogens is 266 g/mol. The smallest absolute Gasteiger partial charge is 0.0913 e. The van der Waals surface area contributed by atoms with Gasteiger partial charge in [-0.05, 0) is 31.8 Å². The molecule has 0 spiro atoms. The quantitative estimate of drug-likeness (QED) is 0.362. The summed E-state index contributed by atoms with van der Waals surface area (Å²) >= 11 is 0. The third-order valence-corrected chi connectivity index (χ3v) is 3.82. The van der Waals surface area contributed by atoms with E-state index in [2.05, 4.69) is 40.2 Å². The predicted molar refractivity (Wildman–Crippen MR) is 88.3 cm³/mol. The van der Waals surface area contributed by atoms with E-state index in [1.807, 2.05) is 0 Å². The molecule has 0 radical (unpaired) electrons. The van der Waals surface area contributed by atoms with Crippen molar-refractivity contribution in [2.45, 2.75) is 84.5 Å². The van der Waals surface area contributed by atoms with E-state index in [-0.39, 0.29) is 12.4 Å². The second-order valence-electron chi connectivity index (χ2n) is 6.50. The Bertz CT molecular complexity index is 211. The van der Waals surface area contributed by atoms with Crippen LogP contribution >= 0.6 is 0 Å². The Morgan fingerprint density at radius 2 is 1.20 bits per heavy atom. The van der Waals surface area contributed by atoms with Crippen molar-refractivity contribution >= 4 is 0 Å². The van der Waals surface area contributed by atoms with Crippen LogP contribution in [0.3, 0.4) is 0 Å². The van der Waals surface area contributed by atoms with Gasteiger partial charge in [0.25, 0.3) is 0 Å². The summed E-state index contributed by atoms with van der Waals surface area (Å²) in [6.07, 6.45) is 19.9. The Labute approximate surface area is 134 Å². The minimum Gasteiger partial charge on any atom is -1.00 e. The van der Waals surface area contributed by atoms with Crippen LogP contribution in [0, 0.1) is 0 Å². The molecule has 0 aliphatic carbocycles. The normalized spacial score (nSPS) is 11.8. The molecule has 0 aromatic rings. The summed E-state index contributed by atoms with van der Waals surface area (Å²) in [4.78, 5) is 0. The lowest BCUT2D eigenvalue weighted by Gasteiger charge is -2.25. The van der Waals surface area contributed by atoms with Crippen molar-refractivity contribution < 1.29 is 16.9 Å². The SMILES string of the molecule is CCCCCCC=C[N+](C)(C)CCCCCCCC.[Cl-]. The molecule has 0 N–H and O–H groups in total. The molecule has 0 saturated carbocycles.